The van der Waals surface area contributed by atoms with Crippen LogP contribution in [0.5, 0.6) is 0 Å². The highest BCUT2D eigenvalue weighted by Crippen LogP contribution is 2.11. The number of hydrogen-bond acceptors (Lipinski definition) is 4. The molecule has 1 rings (SSSR count). The van der Waals surface area contributed by atoms with Crippen molar-refractivity contribution in [2.75, 3.05) is 20.6 Å². The van der Waals surface area contributed by atoms with E-state index in [0.717, 1.165) is 37.9 Å². The Kier molecular flexibility index (Phi) is 5.28. The summed E-state index contributed by atoms with van der Waals surface area (Å²) in [6.45, 7) is 6.03. The third-order valence-corrected chi connectivity index (χ3v) is 2.70. The highest BCUT2D eigenvalue weighted by atomic mass is 16.1. The van der Waals surface area contributed by atoms with E-state index in [2.05, 4.69) is 29.1 Å². The second-order valence-corrected chi connectivity index (χ2v) is 5.00. The van der Waals surface area contributed by atoms with Gasteiger partial charge in [0.25, 0.3) is 0 Å². The number of likely N-dealkylation sites (N-methyl/N-ethyl adjacent to an activating group) is 1. The fourth-order valence-corrected chi connectivity index (χ4v) is 1.59. The van der Waals surface area contributed by atoms with E-state index in [4.69, 9.17) is 0 Å². The molecule has 0 aliphatic heterocycles. The van der Waals surface area contributed by atoms with Crippen LogP contribution in [0.1, 0.15) is 36.5 Å². The van der Waals surface area contributed by atoms with Crippen LogP contribution in [0.25, 0.3) is 0 Å². The van der Waals surface area contributed by atoms with Crippen molar-refractivity contribution >= 4 is 6.29 Å². The maximum absolute atomic E-state index is 10.9. The second-order valence-electron chi connectivity index (χ2n) is 5.00. The Balaban J connectivity index is 2.74. The van der Waals surface area contributed by atoms with Gasteiger partial charge in [-0.15, -0.1) is 5.10 Å². The minimum absolute atomic E-state index is 0.490. The zero-order chi connectivity index (χ0) is 12.8. The topological polar surface area (TPSA) is 51.0 Å². The van der Waals surface area contributed by atoms with Gasteiger partial charge < -0.3 is 4.90 Å². The monoisotopic (exact) mass is 238 g/mol. The molecule has 0 bridgehead atoms. The fraction of sp³-hybridized carbons (Fsp3) is 0.750. The predicted octanol–water partition coefficient (Wildman–Crippen LogP) is 1.24. The number of aldehydes is 1. The molecule has 1 aromatic rings. The second kappa shape index (κ2) is 6.49. The van der Waals surface area contributed by atoms with Gasteiger partial charge in [-0.25, -0.2) is 4.68 Å². The number of carbonyl (C=O) groups excluding carboxylic acids is 1. The Morgan fingerprint density at radius 3 is 2.65 bits per heavy atom. The molecule has 5 nitrogen and oxygen atoms in total. The Bertz CT molecular complexity index is 357. The van der Waals surface area contributed by atoms with Gasteiger partial charge in [-0.3, -0.25) is 4.79 Å². The predicted molar refractivity (Wildman–Crippen MR) is 67.1 cm³/mol. The van der Waals surface area contributed by atoms with Gasteiger partial charge in [0.15, 0.2) is 6.29 Å². The minimum atomic E-state index is 0.490. The van der Waals surface area contributed by atoms with Crippen molar-refractivity contribution in [2.24, 2.45) is 5.92 Å². The first kappa shape index (κ1) is 13.8. The van der Waals surface area contributed by atoms with Gasteiger partial charge in [0.2, 0.25) is 0 Å². The molecule has 0 spiro atoms. The van der Waals surface area contributed by atoms with E-state index in [1.807, 2.05) is 18.8 Å². The van der Waals surface area contributed by atoms with E-state index >= 15 is 0 Å². The molecular formula is C12H22N4O. The van der Waals surface area contributed by atoms with Crippen LogP contribution in [-0.4, -0.2) is 46.8 Å². The molecule has 0 radical (unpaired) electrons. The summed E-state index contributed by atoms with van der Waals surface area (Å²) in [5.74, 6) is 0.617. The van der Waals surface area contributed by atoms with Crippen LogP contribution in [0, 0.1) is 5.92 Å². The van der Waals surface area contributed by atoms with E-state index in [-0.39, 0.29) is 0 Å². The molecule has 5 heteroatoms. The van der Waals surface area contributed by atoms with Crippen molar-refractivity contribution < 1.29 is 4.79 Å². The molecule has 96 valence electrons. The first-order valence-electron chi connectivity index (χ1n) is 6.06. The van der Waals surface area contributed by atoms with Gasteiger partial charge in [0.05, 0.1) is 12.2 Å². The van der Waals surface area contributed by atoms with Gasteiger partial charge in [0.1, 0.15) is 5.69 Å². The van der Waals surface area contributed by atoms with Crippen molar-refractivity contribution in [1.82, 2.24) is 19.9 Å². The maximum atomic E-state index is 10.9. The zero-order valence-electron chi connectivity index (χ0n) is 11.2. The quantitative estimate of drug-likeness (QED) is 0.671. The van der Waals surface area contributed by atoms with Crippen molar-refractivity contribution in [3.8, 4) is 0 Å². The van der Waals surface area contributed by atoms with Gasteiger partial charge in [0, 0.05) is 6.54 Å². The number of nitrogens with zero attached hydrogens (tertiary/aromatic N) is 4. The van der Waals surface area contributed by atoms with Gasteiger partial charge in [-0.1, -0.05) is 19.1 Å². The summed E-state index contributed by atoms with van der Waals surface area (Å²) in [5.41, 5.74) is 1.46. The van der Waals surface area contributed by atoms with E-state index < -0.39 is 0 Å². The Labute approximate surface area is 103 Å². The molecular weight excluding hydrogens is 216 g/mol. The average Bonchev–Trinajstić information content (AvgIpc) is 2.65. The van der Waals surface area contributed by atoms with Crippen LogP contribution in [0.3, 0.4) is 0 Å². The Morgan fingerprint density at radius 1 is 1.41 bits per heavy atom. The van der Waals surface area contributed by atoms with E-state index in [9.17, 15) is 4.79 Å². The molecule has 0 unspecified atom stereocenters. The summed E-state index contributed by atoms with van der Waals surface area (Å²) in [6, 6.07) is 0. The van der Waals surface area contributed by atoms with Crippen molar-refractivity contribution in [3.05, 3.63) is 11.4 Å². The zero-order valence-corrected chi connectivity index (χ0v) is 11.2. The third kappa shape index (κ3) is 4.26. The first-order chi connectivity index (χ1) is 8.04. The van der Waals surface area contributed by atoms with Gasteiger partial charge >= 0.3 is 0 Å². The number of carbonyl (C=O) groups is 1. The molecule has 0 aliphatic rings. The summed E-state index contributed by atoms with van der Waals surface area (Å²) in [4.78, 5) is 13.0. The van der Waals surface area contributed by atoms with E-state index in [1.165, 1.54) is 0 Å². The highest BCUT2D eigenvalue weighted by molar-refractivity contribution is 5.73. The molecule has 0 saturated carbocycles. The summed E-state index contributed by atoms with van der Waals surface area (Å²) in [6.07, 6.45) is 2.72. The number of rotatable bonds is 7. The Hall–Kier alpha value is -1.23. The average molecular weight is 238 g/mol. The lowest BCUT2D eigenvalue weighted by molar-refractivity contribution is 0.111. The molecule has 0 fully saturated rings. The lowest BCUT2D eigenvalue weighted by Gasteiger charge is -2.11. The van der Waals surface area contributed by atoms with Gasteiger partial charge in [-0.2, -0.15) is 0 Å². The molecule has 1 aromatic heterocycles. The summed E-state index contributed by atoms with van der Waals surface area (Å²) >= 11 is 0. The van der Waals surface area contributed by atoms with Crippen LogP contribution < -0.4 is 0 Å². The van der Waals surface area contributed by atoms with Crippen LogP contribution in [-0.2, 0) is 13.0 Å². The van der Waals surface area contributed by atoms with Crippen LogP contribution in [0.2, 0.25) is 0 Å². The summed E-state index contributed by atoms with van der Waals surface area (Å²) in [7, 11) is 4.04. The van der Waals surface area contributed by atoms with Crippen molar-refractivity contribution in [3.63, 3.8) is 0 Å². The molecule has 0 atom stereocenters. The first-order valence-corrected chi connectivity index (χ1v) is 6.06. The smallest absolute Gasteiger partial charge is 0.172 e. The van der Waals surface area contributed by atoms with E-state index in [1.54, 1.807) is 0 Å². The molecule has 17 heavy (non-hydrogen) atoms. The molecule has 1 heterocycles. The maximum Gasteiger partial charge on any atom is 0.172 e. The lowest BCUT2D eigenvalue weighted by atomic mass is 10.1. The van der Waals surface area contributed by atoms with E-state index in [0.29, 0.717) is 11.6 Å². The molecule has 0 N–H and O–H groups in total. The molecule has 0 aromatic carbocycles. The fourth-order valence-electron chi connectivity index (χ4n) is 1.59. The lowest BCUT2D eigenvalue weighted by Crippen LogP contribution is -2.20. The molecule has 0 amide bonds. The molecule has 0 saturated heterocycles. The summed E-state index contributed by atoms with van der Waals surface area (Å²) < 4.78 is 1.85. The minimum Gasteiger partial charge on any atom is -0.308 e. The van der Waals surface area contributed by atoms with Crippen molar-refractivity contribution in [2.45, 2.75) is 33.2 Å². The largest absolute Gasteiger partial charge is 0.308 e. The Morgan fingerprint density at radius 2 is 2.12 bits per heavy atom. The summed E-state index contributed by atoms with van der Waals surface area (Å²) in [5, 5.41) is 7.96. The van der Waals surface area contributed by atoms with Crippen LogP contribution >= 0.6 is 0 Å². The number of hydrogen-bond donors (Lipinski definition) is 0. The van der Waals surface area contributed by atoms with Crippen LogP contribution in [0.4, 0.5) is 0 Å². The number of aromatic nitrogens is 3. The standard InChI is InChI=1S/C12H22N4O/c1-10(2)5-6-12-11(9-17)13-14-16(12)8-7-15(3)4/h9-10H,5-8H2,1-4H3. The molecule has 0 aliphatic carbocycles. The highest BCUT2D eigenvalue weighted by Gasteiger charge is 2.12. The third-order valence-electron chi connectivity index (χ3n) is 2.70. The van der Waals surface area contributed by atoms with Crippen LogP contribution in [0.15, 0.2) is 0 Å². The normalized spacial score (nSPS) is 11.4. The van der Waals surface area contributed by atoms with Gasteiger partial charge in [-0.05, 0) is 32.9 Å². The SMILES string of the molecule is CC(C)CCc1c(C=O)nnn1CCN(C)C. The van der Waals surface area contributed by atoms with Crippen molar-refractivity contribution in [1.29, 1.82) is 0 Å².